The molecular weight excluding hydrogens is 297 g/mol. The van der Waals surface area contributed by atoms with Crippen LogP contribution in [0.3, 0.4) is 0 Å². The Kier molecular flexibility index (Phi) is 5.76. The zero-order valence-corrected chi connectivity index (χ0v) is 12.7. The molecule has 0 heterocycles. The molecule has 0 fully saturated rings. The number of hydrogen-bond acceptors (Lipinski definition) is 2. The van der Waals surface area contributed by atoms with Gasteiger partial charge < -0.3 is 10.4 Å². The van der Waals surface area contributed by atoms with Crippen molar-refractivity contribution in [1.82, 2.24) is 5.32 Å². The van der Waals surface area contributed by atoms with Crippen LogP contribution < -0.4 is 5.32 Å². The van der Waals surface area contributed by atoms with E-state index in [1.54, 1.807) is 13.0 Å². The zero-order valence-electron chi connectivity index (χ0n) is 11.1. The van der Waals surface area contributed by atoms with Crippen LogP contribution in [0.1, 0.15) is 26.3 Å². The number of halogens is 2. The summed E-state index contributed by atoms with van der Waals surface area (Å²) in [6.07, 6.45) is 0.485. The first-order chi connectivity index (χ1) is 8.30. The smallest absolute Gasteiger partial charge is 0.124 e. The van der Waals surface area contributed by atoms with Gasteiger partial charge in [-0.15, -0.1) is 0 Å². The number of benzene rings is 1. The molecule has 1 aromatic carbocycles. The quantitative estimate of drug-likeness (QED) is 0.845. The minimum Gasteiger partial charge on any atom is -0.389 e. The van der Waals surface area contributed by atoms with Gasteiger partial charge in [-0.25, -0.2) is 4.39 Å². The first-order valence-electron chi connectivity index (χ1n) is 6.17. The van der Waals surface area contributed by atoms with Crippen LogP contribution in [-0.2, 0) is 6.42 Å². The van der Waals surface area contributed by atoms with Gasteiger partial charge in [0, 0.05) is 17.4 Å². The van der Waals surface area contributed by atoms with Crippen molar-refractivity contribution in [3.8, 4) is 0 Å². The van der Waals surface area contributed by atoms with Crippen LogP contribution >= 0.6 is 15.9 Å². The third kappa shape index (κ3) is 5.46. The lowest BCUT2D eigenvalue weighted by Crippen LogP contribution is -2.41. The van der Waals surface area contributed by atoms with Gasteiger partial charge in [0.2, 0.25) is 0 Å². The van der Waals surface area contributed by atoms with Crippen LogP contribution in [0.25, 0.3) is 0 Å². The highest BCUT2D eigenvalue weighted by atomic mass is 79.9. The highest BCUT2D eigenvalue weighted by Gasteiger charge is 2.21. The Morgan fingerprint density at radius 2 is 2.11 bits per heavy atom. The monoisotopic (exact) mass is 317 g/mol. The minimum absolute atomic E-state index is 0.275. The molecule has 102 valence electrons. The molecule has 0 saturated carbocycles. The van der Waals surface area contributed by atoms with Gasteiger partial charge in [0.1, 0.15) is 5.82 Å². The lowest BCUT2D eigenvalue weighted by molar-refractivity contribution is 0.0594. The van der Waals surface area contributed by atoms with Crippen molar-refractivity contribution >= 4 is 15.9 Å². The van der Waals surface area contributed by atoms with Gasteiger partial charge in [-0.05, 0) is 37.1 Å². The standard InChI is InChI=1S/C14H21BrFNO/c1-10(2)8-17-9-14(3,18)7-11-4-5-12(16)6-13(11)15/h4-6,10,17-18H,7-9H2,1-3H3. The summed E-state index contributed by atoms with van der Waals surface area (Å²) in [6, 6.07) is 4.54. The van der Waals surface area contributed by atoms with Gasteiger partial charge in [-0.3, -0.25) is 0 Å². The lowest BCUT2D eigenvalue weighted by atomic mass is 9.96. The van der Waals surface area contributed by atoms with Crippen molar-refractivity contribution in [2.45, 2.75) is 32.8 Å². The van der Waals surface area contributed by atoms with E-state index in [4.69, 9.17) is 0 Å². The van der Waals surface area contributed by atoms with E-state index >= 15 is 0 Å². The third-order valence-electron chi connectivity index (χ3n) is 2.64. The molecule has 0 aliphatic carbocycles. The highest BCUT2D eigenvalue weighted by molar-refractivity contribution is 9.10. The van der Waals surface area contributed by atoms with Crippen molar-refractivity contribution < 1.29 is 9.50 Å². The molecule has 18 heavy (non-hydrogen) atoms. The summed E-state index contributed by atoms with van der Waals surface area (Å²) in [7, 11) is 0. The molecule has 0 amide bonds. The molecule has 0 aliphatic heterocycles. The van der Waals surface area contributed by atoms with Gasteiger partial charge in [0.05, 0.1) is 5.60 Å². The third-order valence-corrected chi connectivity index (χ3v) is 3.38. The van der Waals surface area contributed by atoms with Crippen LogP contribution in [0.4, 0.5) is 4.39 Å². The fraction of sp³-hybridized carbons (Fsp3) is 0.571. The second kappa shape index (κ2) is 6.64. The Morgan fingerprint density at radius 3 is 2.67 bits per heavy atom. The Balaban J connectivity index is 2.58. The summed E-state index contributed by atoms with van der Waals surface area (Å²) in [5.41, 5.74) is 0.0719. The predicted octanol–water partition coefficient (Wildman–Crippen LogP) is 3.13. The number of aliphatic hydroxyl groups is 1. The normalized spacial score (nSPS) is 14.8. The van der Waals surface area contributed by atoms with Crippen LogP contribution in [0, 0.1) is 11.7 Å². The summed E-state index contributed by atoms with van der Waals surface area (Å²) < 4.78 is 13.7. The SMILES string of the molecule is CC(C)CNCC(C)(O)Cc1ccc(F)cc1Br. The maximum Gasteiger partial charge on any atom is 0.124 e. The molecule has 0 radical (unpaired) electrons. The van der Waals surface area contributed by atoms with Gasteiger partial charge >= 0.3 is 0 Å². The zero-order chi connectivity index (χ0) is 13.8. The second-order valence-electron chi connectivity index (χ2n) is 5.43. The first kappa shape index (κ1) is 15.6. The summed E-state index contributed by atoms with van der Waals surface area (Å²) >= 11 is 3.32. The van der Waals surface area contributed by atoms with Crippen molar-refractivity contribution in [3.05, 3.63) is 34.1 Å². The molecule has 4 heteroatoms. The molecule has 1 unspecified atom stereocenters. The van der Waals surface area contributed by atoms with E-state index in [2.05, 4.69) is 35.1 Å². The van der Waals surface area contributed by atoms with Crippen molar-refractivity contribution in [3.63, 3.8) is 0 Å². The van der Waals surface area contributed by atoms with Gasteiger partial charge in [0.15, 0.2) is 0 Å². The fourth-order valence-corrected chi connectivity index (χ4v) is 2.26. The summed E-state index contributed by atoms with van der Waals surface area (Å²) in [4.78, 5) is 0. The van der Waals surface area contributed by atoms with Crippen LogP contribution in [0.5, 0.6) is 0 Å². The van der Waals surface area contributed by atoms with E-state index in [1.165, 1.54) is 12.1 Å². The number of rotatable bonds is 6. The molecule has 0 saturated heterocycles. The Hall–Kier alpha value is -0.450. The molecule has 0 aliphatic rings. The Morgan fingerprint density at radius 1 is 1.44 bits per heavy atom. The van der Waals surface area contributed by atoms with Crippen molar-refractivity contribution in [2.24, 2.45) is 5.92 Å². The Labute approximate surface area is 117 Å². The molecule has 1 rings (SSSR count). The largest absolute Gasteiger partial charge is 0.389 e. The second-order valence-corrected chi connectivity index (χ2v) is 6.29. The molecule has 2 N–H and O–H groups in total. The summed E-state index contributed by atoms with van der Waals surface area (Å²) in [5.74, 6) is 0.279. The molecule has 1 aromatic rings. The average molecular weight is 318 g/mol. The number of nitrogens with one attached hydrogen (secondary N) is 1. The van der Waals surface area contributed by atoms with E-state index in [-0.39, 0.29) is 5.82 Å². The van der Waals surface area contributed by atoms with Crippen molar-refractivity contribution in [2.75, 3.05) is 13.1 Å². The van der Waals surface area contributed by atoms with E-state index in [9.17, 15) is 9.50 Å². The summed E-state index contributed by atoms with van der Waals surface area (Å²) in [6.45, 7) is 7.43. The molecular formula is C14H21BrFNO. The molecule has 0 spiro atoms. The van der Waals surface area contributed by atoms with E-state index in [0.717, 1.165) is 12.1 Å². The summed E-state index contributed by atoms with van der Waals surface area (Å²) in [5, 5.41) is 13.5. The highest BCUT2D eigenvalue weighted by Crippen LogP contribution is 2.22. The van der Waals surface area contributed by atoms with Crippen LogP contribution in [-0.4, -0.2) is 23.8 Å². The van der Waals surface area contributed by atoms with Gasteiger partial charge in [-0.1, -0.05) is 35.8 Å². The van der Waals surface area contributed by atoms with Crippen molar-refractivity contribution in [1.29, 1.82) is 0 Å². The van der Waals surface area contributed by atoms with Gasteiger partial charge in [0.25, 0.3) is 0 Å². The Bertz CT molecular complexity index is 393. The van der Waals surface area contributed by atoms with Crippen LogP contribution in [0.2, 0.25) is 0 Å². The predicted molar refractivity (Wildman–Crippen MR) is 76.1 cm³/mol. The van der Waals surface area contributed by atoms with Gasteiger partial charge in [-0.2, -0.15) is 0 Å². The molecule has 0 bridgehead atoms. The fourth-order valence-electron chi connectivity index (χ4n) is 1.77. The van der Waals surface area contributed by atoms with Crippen LogP contribution in [0.15, 0.2) is 22.7 Å². The lowest BCUT2D eigenvalue weighted by Gasteiger charge is -2.25. The minimum atomic E-state index is -0.838. The first-order valence-corrected chi connectivity index (χ1v) is 6.96. The van der Waals surface area contributed by atoms with E-state index < -0.39 is 5.60 Å². The molecule has 0 aromatic heterocycles. The molecule has 2 nitrogen and oxygen atoms in total. The van der Waals surface area contributed by atoms with E-state index in [0.29, 0.717) is 23.4 Å². The average Bonchev–Trinajstić information content (AvgIpc) is 2.21. The van der Waals surface area contributed by atoms with E-state index in [1.807, 2.05) is 0 Å². The maximum atomic E-state index is 13.0. The topological polar surface area (TPSA) is 32.3 Å². The maximum absolute atomic E-state index is 13.0. The number of hydrogen-bond donors (Lipinski definition) is 2. The molecule has 1 atom stereocenters.